The second kappa shape index (κ2) is 8.45. The molecule has 0 aromatic carbocycles. The van der Waals surface area contributed by atoms with Crippen LogP contribution < -0.4 is 4.90 Å². The molecule has 0 bridgehead atoms. The normalized spacial score (nSPS) is 18.0. The Labute approximate surface area is 182 Å². The molecule has 1 aliphatic carbocycles. The number of alkyl halides is 3. The third kappa shape index (κ3) is 4.72. The minimum absolute atomic E-state index is 0.0315. The molecule has 8 nitrogen and oxygen atoms in total. The van der Waals surface area contributed by atoms with Crippen LogP contribution >= 0.6 is 0 Å². The van der Waals surface area contributed by atoms with Gasteiger partial charge in [-0.05, 0) is 31.4 Å². The summed E-state index contributed by atoms with van der Waals surface area (Å²) in [5, 5.41) is 4.07. The van der Waals surface area contributed by atoms with Crippen molar-refractivity contribution in [2.45, 2.75) is 37.9 Å². The first-order valence-corrected chi connectivity index (χ1v) is 10.6. The SMILES string of the molecule is FC(F)(F)c1cc(N2CCCN(Cc3noc(C4CC4)n3)CC2)nc(-c2ccccn2)n1. The van der Waals surface area contributed by atoms with Crippen LogP contribution in [0.2, 0.25) is 0 Å². The number of hydrogen-bond acceptors (Lipinski definition) is 8. The minimum Gasteiger partial charge on any atom is -0.355 e. The van der Waals surface area contributed by atoms with Crippen molar-refractivity contribution in [3.05, 3.63) is 47.9 Å². The molecule has 0 N–H and O–H groups in total. The Hall–Kier alpha value is -3.08. The Morgan fingerprint density at radius 2 is 1.91 bits per heavy atom. The molecule has 11 heteroatoms. The van der Waals surface area contributed by atoms with Gasteiger partial charge in [-0.25, -0.2) is 9.97 Å². The van der Waals surface area contributed by atoms with Crippen LogP contribution in [0.25, 0.3) is 11.5 Å². The molecule has 0 atom stereocenters. The van der Waals surface area contributed by atoms with E-state index in [-0.39, 0.29) is 11.6 Å². The van der Waals surface area contributed by atoms with Gasteiger partial charge in [0.1, 0.15) is 11.5 Å². The fourth-order valence-electron chi connectivity index (χ4n) is 3.74. The molecule has 0 radical (unpaired) electrons. The van der Waals surface area contributed by atoms with E-state index in [1.165, 1.54) is 6.20 Å². The first kappa shape index (κ1) is 20.8. The summed E-state index contributed by atoms with van der Waals surface area (Å²) in [6.07, 6.45) is -0.0943. The summed E-state index contributed by atoms with van der Waals surface area (Å²) in [6.45, 7) is 3.11. The average molecular weight is 445 g/mol. The highest BCUT2D eigenvalue weighted by atomic mass is 19.4. The van der Waals surface area contributed by atoms with Crippen LogP contribution in [0.3, 0.4) is 0 Å². The summed E-state index contributed by atoms with van der Waals surface area (Å²) in [5.41, 5.74) is -0.663. The van der Waals surface area contributed by atoms with E-state index in [1.807, 2.05) is 4.90 Å². The standard InChI is InChI=1S/C21H22F3N7O/c22-21(23,24)16-12-18(28-19(26-16)15-4-1-2-7-25-15)31-9-3-8-30(10-11-31)13-17-27-20(32-29-17)14-5-6-14/h1-2,4,7,12,14H,3,5-6,8-11,13H2. The fraction of sp³-hybridized carbons (Fsp3) is 0.476. The third-order valence-electron chi connectivity index (χ3n) is 5.58. The second-order valence-electron chi connectivity index (χ2n) is 8.09. The van der Waals surface area contributed by atoms with Crippen molar-refractivity contribution in [1.29, 1.82) is 0 Å². The maximum Gasteiger partial charge on any atom is 0.433 e. The maximum atomic E-state index is 13.5. The van der Waals surface area contributed by atoms with Crippen LogP contribution in [0.1, 0.15) is 42.6 Å². The first-order chi connectivity index (χ1) is 15.5. The minimum atomic E-state index is -4.57. The number of aromatic nitrogens is 5. The van der Waals surface area contributed by atoms with Gasteiger partial charge in [-0.2, -0.15) is 18.2 Å². The molecule has 2 fully saturated rings. The van der Waals surface area contributed by atoms with Crippen molar-refractivity contribution in [3.8, 4) is 11.5 Å². The van der Waals surface area contributed by atoms with Crippen LogP contribution in [-0.4, -0.2) is 56.2 Å². The number of halogens is 3. The highest BCUT2D eigenvalue weighted by Gasteiger charge is 2.35. The predicted molar refractivity (Wildman–Crippen MR) is 109 cm³/mol. The van der Waals surface area contributed by atoms with Gasteiger partial charge in [0.05, 0.1) is 6.54 Å². The van der Waals surface area contributed by atoms with E-state index in [9.17, 15) is 13.2 Å². The van der Waals surface area contributed by atoms with Crippen LogP contribution in [0.4, 0.5) is 19.0 Å². The summed E-state index contributed by atoms with van der Waals surface area (Å²) in [5.74, 6) is 1.99. The van der Waals surface area contributed by atoms with Crippen LogP contribution in [0.5, 0.6) is 0 Å². The Morgan fingerprint density at radius 3 is 2.66 bits per heavy atom. The molecule has 1 saturated heterocycles. The van der Waals surface area contributed by atoms with E-state index in [0.29, 0.717) is 49.5 Å². The number of anilines is 1. The van der Waals surface area contributed by atoms with Crippen molar-refractivity contribution in [3.63, 3.8) is 0 Å². The summed E-state index contributed by atoms with van der Waals surface area (Å²) in [7, 11) is 0. The molecular formula is C21H22F3N7O. The number of hydrogen-bond donors (Lipinski definition) is 0. The molecule has 4 heterocycles. The Morgan fingerprint density at radius 1 is 1.03 bits per heavy atom. The first-order valence-electron chi connectivity index (χ1n) is 10.6. The van der Waals surface area contributed by atoms with Gasteiger partial charge in [-0.1, -0.05) is 11.2 Å². The molecular weight excluding hydrogens is 423 g/mol. The summed E-state index contributed by atoms with van der Waals surface area (Å²) in [6, 6.07) is 6.01. The summed E-state index contributed by atoms with van der Waals surface area (Å²) >= 11 is 0. The van der Waals surface area contributed by atoms with E-state index in [2.05, 4.69) is 30.0 Å². The average Bonchev–Trinajstić information content (AvgIpc) is 3.58. The lowest BCUT2D eigenvalue weighted by atomic mass is 10.3. The predicted octanol–water partition coefficient (Wildman–Crippen LogP) is 3.53. The van der Waals surface area contributed by atoms with E-state index in [1.54, 1.807) is 18.2 Å². The van der Waals surface area contributed by atoms with Crippen molar-refractivity contribution in [2.75, 3.05) is 31.1 Å². The van der Waals surface area contributed by atoms with Gasteiger partial charge < -0.3 is 9.42 Å². The monoisotopic (exact) mass is 445 g/mol. The highest BCUT2D eigenvalue weighted by Crippen LogP contribution is 2.39. The lowest BCUT2D eigenvalue weighted by molar-refractivity contribution is -0.141. The summed E-state index contributed by atoms with van der Waals surface area (Å²) in [4.78, 5) is 20.8. The number of nitrogens with zero attached hydrogens (tertiary/aromatic N) is 7. The Kier molecular flexibility index (Phi) is 5.50. The quantitative estimate of drug-likeness (QED) is 0.590. The van der Waals surface area contributed by atoms with Crippen LogP contribution in [0.15, 0.2) is 35.0 Å². The second-order valence-corrected chi connectivity index (χ2v) is 8.09. The largest absolute Gasteiger partial charge is 0.433 e. The molecule has 1 aliphatic heterocycles. The summed E-state index contributed by atoms with van der Waals surface area (Å²) < 4.78 is 45.9. The molecule has 168 valence electrons. The van der Waals surface area contributed by atoms with Crippen LogP contribution in [-0.2, 0) is 12.7 Å². The lowest BCUT2D eigenvalue weighted by Crippen LogP contribution is -2.31. The van der Waals surface area contributed by atoms with Crippen molar-refractivity contribution in [2.24, 2.45) is 0 Å². The van der Waals surface area contributed by atoms with Crippen LogP contribution in [0, 0.1) is 0 Å². The lowest BCUT2D eigenvalue weighted by Gasteiger charge is -2.23. The van der Waals surface area contributed by atoms with E-state index in [4.69, 9.17) is 4.52 Å². The zero-order valence-corrected chi connectivity index (χ0v) is 17.3. The zero-order chi connectivity index (χ0) is 22.1. The maximum absolute atomic E-state index is 13.5. The van der Waals surface area contributed by atoms with E-state index >= 15 is 0 Å². The van der Waals surface area contributed by atoms with Crippen molar-refractivity contribution < 1.29 is 17.7 Å². The number of rotatable bonds is 5. The topological polar surface area (TPSA) is 84.1 Å². The zero-order valence-electron chi connectivity index (χ0n) is 17.3. The fourth-order valence-corrected chi connectivity index (χ4v) is 3.74. The smallest absolute Gasteiger partial charge is 0.355 e. The third-order valence-corrected chi connectivity index (χ3v) is 5.58. The Balaban J connectivity index is 1.33. The highest BCUT2D eigenvalue weighted by molar-refractivity contribution is 5.54. The molecule has 0 amide bonds. The molecule has 3 aromatic heterocycles. The molecule has 32 heavy (non-hydrogen) atoms. The van der Waals surface area contributed by atoms with Gasteiger partial charge in [-0.15, -0.1) is 0 Å². The van der Waals surface area contributed by atoms with E-state index in [0.717, 1.165) is 31.9 Å². The molecule has 0 unspecified atom stereocenters. The molecule has 3 aromatic rings. The van der Waals surface area contributed by atoms with Gasteiger partial charge in [0, 0.05) is 44.4 Å². The molecule has 1 saturated carbocycles. The van der Waals surface area contributed by atoms with Gasteiger partial charge in [0.15, 0.2) is 17.3 Å². The van der Waals surface area contributed by atoms with Crippen molar-refractivity contribution >= 4 is 5.82 Å². The number of pyridine rings is 1. The molecule has 5 rings (SSSR count). The van der Waals surface area contributed by atoms with E-state index < -0.39 is 11.9 Å². The van der Waals surface area contributed by atoms with Gasteiger partial charge >= 0.3 is 6.18 Å². The van der Waals surface area contributed by atoms with Gasteiger partial charge in [-0.3, -0.25) is 9.88 Å². The Bertz CT molecular complexity index is 1070. The van der Waals surface area contributed by atoms with Gasteiger partial charge in [0.2, 0.25) is 5.89 Å². The molecule has 0 spiro atoms. The van der Waals surface area contributed by atoms with Crippen molar-refractivity contribution in [1.82, 2.24) is 30.0 Å². The van der Waals surface area contributed by atoms with Gasteiger partial charge in [0.25, 0.3) is 0 Å². The molecule has 2 aliphatic rings.